The molecule has 0 heterocycles. The van der Waals surface area contributed by atoms with E-state index in [9.17, 15) is 9.59 Å². The summed E-state index contributed by atoms with van der Waals surface area (Å²) in [7, 11) is 0. The number of aryl methyl sites for hydroxylation is 3. The van der Waals surface area contributed by atoms with Crippen molar-refractivity contribution in [2.45, 2.75) is 47.1 Å². The van der Waals surface area contributed by atoms with Gasteiger partial charge in [-0.2, -0.15) is 0 Å². The van der Waals surface area contributed by atoms with E-state index in [1.807, 2.05) is 34.6 Å². The molecule has 0 saturated carbocycles. The minimum atomic E-state index is -0.108. The second-order valence-electron chi connectivity index (χ2n) is 7.04. The van der Waals surface area contributed by atoms with E-state index in [0.29, 0.717) is 5.56 Å². The van der Waals surface area contributed by atoms with E-state index in [-0.39, 0.29) is 24.4 Å². The summed E-state index contributed by atoms with van der Waals surface area (Å²) < 4.78 is 0. The van der Waals surface area contributed by atoms with E-state index in [2.05, 4.69) is 28.1 Å². The van der Waals surface area contributed by atoms with Crippen molar-refractivity contribution >= 4 is 23.2 Å². The minimum Gasteiger partial charge on any atom is -0.376 e. The van der Waals surface area contributed by atoms with Crippen molar-refractivity contribution in [3.05, 3.63) is 58.7 Å². The fourth-order valence-corrected chi connectivity index (χ4v) is 2.89. The van der Waals surface area contributed by atoms with Gasteiger partial charge in [0, 0.05) is 23.0 Å². The Hall–Kier alpha value is -2.82. The quantitative estimate of drug-likeness (QED) is 0.687. The summed E-state index contributed by atoms with van der Waals surface area (Å²) in [6.45, 7) is 10.2. The van der Waals surface area contributed by atoms with Gasteiger partial charge in [0.2, 0.25) is 5.91 Å². The zero-order valence-electron chi connectivity index (χ0n) is 16.8. The lowest BCUT2D eigenvalue weighted by molar-refractivity contribution is -0.114. The predicted molar refractivity (Wildman–Crippen MR) is 111 cm³/mol. The normalized spacial score (nSPS) is 11.6. The molecule has 0 bridgehead atoms. The van der Waals surface area contributed by atoms with Gasteiger partial charge in [0.05, 0.1) is 6.54 Å². The van der Waals surface area contributed by atoms with Crippen LogP contribution in [-0.2, 0) is 4.79 Å². The molecule has 3 N–H and O–H groups in total. The molecular formula is C22H29N3O2. The first-order valence-corrected chi connectivity index (χ1v) is 9.32. The molecule has 5 heteroatoms. The van der Waals surface area contributed by atoms with Crippen LogP contribution in [0.5, 0.6) is 0 Å². The highest BCUT2D eigenvalue weighted by molar-refractivity contribution is 5.96. The van der Waals surface area contributed by atoms with Crippen LogP contribution in [0.2, 0.25) is 0 Å². The van der Waals surface area contributed by atoms with Crippen LogP contribution < -0.4 is 16.0 Å². The molecule has 2 amide bonds. The van der Waals surface area contributed by atoms with Gasteiger partial charge < -0.3 is 16.0 Å². The second kappa shape index (κ2) is 9.21. The van der Waals surface area contributed by atoms with E-state index in [1.165, 1.54) is 5.56 Å². The molecule has 144 valence electrons. The third kappa shape index (κ3) is 5.84. The van der Waals surface area contributed by atoms with Crippen LogP contribution in [0, 0.1) is 20.8 Å². The Bertz CT molecular complexity index is 790. The van der Waals surface area contributed by atoms with Gasteiger partial charge in [0.1, 0.15) is 0 Å². The summed E-state index contributed by atoms with van der Waals surface area (Å²) in [5.41, 5.74) is 5.55. The average molecular weight is 367 g/mol. The Kier molecular flexibility index (Phi) is 6.99. The summed E-state index contributed by atoms with van der Waals surface area (Å²) in [4.78, 5) is 24.4. The van der Waals surface area contributed by atoms with Crippen molar-refractivity contribution in [1.82, 2.24) is 5.32 Å². The molecule has 0 radical (unpaired) electrons. The maximum absolute atomic E-state index is 12.3. The molecule has 0 fully saturated rings. The summed E-state index contributed by atoms with van der Waals surface area (Å²) in [6.07, 6.45) is 0.889. The Balaban J connectivity index is 1.91. The zero-order chi connectivity index (χ0) is 20.0. The highest BCUT2D eigenvalue weighted by Gasteiger charge is 2.10. The Labute approximate surface area is 161 Å². The SMILES string of the molecule is CCC(C)NC(=O)c1ccc(NCC(=O)Nc2c(C)cc(C)cc2C)cc1. The lowest BCUT2D eigenvalue weighted by Crippen LogP contribution is -2.31. The highest BCUT2D eigenvalue weighted by Crippen LogP contribution is 2.21. The van der Waals surface area contributed by atoms with E-state index in [0.717, 1.165) is 28.9 Å². The van der Waals surface area contributed by atoms with Crippen molar-refractivity contribution in [2.75, 3.05) is 17.2 Å². The third-order valence-corrected chi connectivity index (χ3v) is 4.53. The largest absolute Gasteiger partial charge is 0.376 e. The maximum Gasteiger partial charge on any atom is 0.251 e. The molecule has 0 aliphatic heterocycles. The van der Waals surface area contributed by atoms with Crippen LogP contribution in [0.3, 0.4) is 0 Å². The second-order valence-corrected chi connectivity index (χ2v) is 7.04. The molecule has 27 heavy (non-hydrogen) atoms. The molecule has 5 nitrogen and oxygen atoms in total. The van der Waals surface area contributed by atoms with Gasteiger partial charge in [-0.3, -0.25) is 9.59 Å². The fourth-order valence-electron chi connectivity index (χ4n) is 2.89. The number of nitrogens with one attached hydrogen (secondary N) is 3. The molecular weight excluding hydrogens is 338 g/mol. The molecule has 2 aromatic carbocycles. The zero-order valence-corrected chi connectivity index (χ0v) is 16.8. The smallest absolute Gasteiger partial charge is 0.251 e. The average Bonchev–Trinajstić information content (AvgIpc) is 2.63. The van der Waals surface area contributed by atoms with E-state index in [4.69, 9.17) is 0 Å². The Morgan fingerprint density at radius 2 is 1.59 bits per heavy atom. The topological polar surface area (TPSA) is 70.2 Å². The van der Waals surface area contributed by atoms with Crippen molar-refractivity contribution in [3.8, 4) is 0 Å². The van der Waals surface area contributed by atoms with Crippen molar-refractivity contribution < 1.29 is 9.59 Å². The van der Waals surface area contributed by atoms with Gasteiger partial charge >= 0.3 is 0 Å². The van der Waals surface area contributed by atoms with E-state index < -0.39 is 0 Å². The van der Waals surface area contributed by atoms with Crippen molar-refractivity contribution in [3.63, 3.8) is 0 Å². The summed E-state index contributed by atoms with van der Waals surface area (Å²) in [6, 6.07) is 11.4. The number of hydrogen-bond donors (Lipinski definition) is 3. The molecule has 0 aliphatic carbocycles. The number of carbonyl (C=O) groups is 2. The van der Waals surface area contributed by atoms with Gasteiger partial charge in [-0.25, -0.2) is 0 Å². The van der Waals surface area contributed by atoms with Gasteiger partial charge in [-0.15, -0.1) is 0 Å². The first-order chi connectivity index (χ1) is 12.8. The van der Waals surface area contributed by atoms with Crippen LogP contribution in [0.4, 0.5) is 11.4 Å². The van der Waals surface area contributed by atoms with Crippen molar-refractivity contribution in [2.24, 2.45) is 0 Å². The van der Waals surface area contributed by atoms with Crippen LogP contribution in [0.1, 0.15) is 47.3 Å². The predicted octanol–water partition coefficient (Wildman–Crippen LogP) is 4.19. The maximum atomic E-state index is 12.3. The molecule has 0 spiro atoms. The third-order valence-electron chi connectivity index (χ3n) is 4.53. The van der Waals surface area contributed by atoms with E-state index in [1.54, 1.807) is 24.3 Å². The first kappa shape index (κ1) is 20.5. The number of amides is 2. The standard InChI is InChI=1S/C22H29N3O2/c1-6-17(5)24-22(27)18-7-9-19(10-8-18)23-13-20(26)25-21-15(3)11-14(2)12-16(21)4/h7-12,17,23H,6,13H2,1-5H3,(H,24,27)(H,25,26). The molecule has 1 unspecified atom stereocenters. The molecule has 1 atom stereocenters. The van der Waals surface area contributed by atoms with Gasteiger partial charge in [0.25, 0.3) is 5.91 Å². The van der Waals surface area contributed by atoms with Gasteiger partial charge in [-0.05, 0) is 69.5 Å². The number of benzene rings is 2. The van der Waals surface area contributed by atoms with Gasteiger partial charge in [0.15, 0.2) is 0 Å². The molecule has 0 saturated heterocycles. The number of hydrogen-bond acceptors (Lipinski definition) is 3. The van der Waals surface area contributed by atoms with Crippen LogP contribution >= 0.6 is 0 Å². The number of rotatable bonds is 7. The molecule has 2 aromatic rings. The highest BCUT2D eigenvalue weighted by atomic mass is 16.2. The van der Waals surface area contributed by atoms with Crippen molar-refractivity contribution in [1.29, 1.82) is 0 Å². The lowest BCUT2D eigenvalue weighted by atomic mass is 10.1. The van der Waals surface area contributed by atoms with Crippen LogP contribution in [0.15, 0.2) is 36.4 Å². The fraction of sp³-hybridized carbons (Fsp3) is 0.364. The molecule has 2 rings (SSSR count). The Morgan fingerprint density at radius 1 is 1.00 bits per heavy atom. The monoisotopic (exact) mass is 367 g/mol. The molecule has 0 aliphatic rings. The van der Waals surface area contributed by atoms with E-state index >= 15 is 0 Å². The molecule has 0 aromatic heterocycles. The summed E-state index contributed by atoms with van der Waals surface area (Å²) >= 11 is 0. The van der Waals surface area contributed by atoms with Gasteiger partial charge in [-0.1, -0.05) is 24.6 Å². The Morgan fingerprint density at radius 3 is 2.15 bits per heavy atom. The minimum absolute atomic E-state index is 0.0843. The lowest BCUT2D eigenvalue weighted by Gasteiger charge is -2.14. The first-order valence-electron chi connectivity index (χ1n) is 9.32. The summed E-state index contributed by atoms with van der Waals surface area (Å²) in [5.74, 6) is -0.192. The summed E-state index contributed by atoms with van der Waals surface area (Å²) in [5, 5.41) is 8.99. The number of anilines is 2. The van der Waals surface area contributed by atoms with Crippen LogP contribution in [0.25, 0.3) is 0 Å². The number of carbonyl (C=O) groups excluding carboxylic acids is 2. The van der Waals surface area contributed by atoms with Crippen LogP contribution in [-0.4, -0.2) is 24.4 Å².